The van der Waals surface area contributed by atoms with Crippen LogP contribution in [0.5, 0.6) is 0 Å². The molecule has 3 heterocycles. The minimum Gasteiger partial charge on any atom is -0.317 e. The maximum absolute atomic E-state index is 12.3. The number of aromatic nitrogens is 4. The van der Waals surface area contributed by atoms with E-state index in [0.29, 0.717) is 36.6 Å². The van der Waals surface area contributed by atoms with Crippen LogP contribution in [0.1, 0.15) is 46.5 Å². The Morgan fingerprint density at radius 2 is 2.23 bits per heavy atom. The van der Waals surface area contributed by atoms with Gasteiger partial charge in [-0.15, -0.1) is 16.4 Å². The van der Waals surface area contributed by atoms with Crippen LogP contribution in [0.4, 0.5) is 5.00 Å². The van der Waals surface area contributed by atoms with Crippen molar-refractivity contribution in [3.8, 4) is 6.07 Å². The molecular formula is C21H23N7OS. The van der Waals surface area contributed by atoms with E-state index in [1.165, 1.54) is 4.88 Å². The summed E-state index contributed by atoms with van der Waals surface area (Å²) in [4.78, 5) is 17.7. The third-order valence-electron chi connectivity index (χ3n) is 5.02. The predicted molar refractivity (Wildman–Crippen MR) is 114 cm³/mol. The van der Waals surface area contributed by atoms with Crippen molar-refractivity contribution in [3.63, 3.8) is 0 Å². The highest BCUT2D eigenvalue weighted by Crippen LogP contribution is 2.37. The maximum atomic E-state index is 12.3. The van der Waals surface area contributed by atoms with Gasteiger partial charge in [-0.05, 0) is 42.9 Å². The van der Waals surface area contributed by atoms with Crippen molar-refractivity contribution in [2.75, 3.05) is 11.9 Å². The van der Waals surface area contributed by atoms with Gasteiger partial charge in [0.2, 0.25) is 5.91 Å². The minimum atomic E-state index is -0.0853. The second-order valence-electron chi connectivity index (χ2n) is 7.27. The monoisotopic (exact) mass is 421 g/mol. The third kappa shape index (κ3) is 4.90. The molecule has 0 fully saturated rings. The molecule has 1 aliphatic carbocycles. The molecule has 0 spiro atoms. The van der Waals surface area contributed by atoms with Crippen LogP contribution in [0.15, 0.2) is 30.7 Å². The van der Waals surface area contributed by atoms with Gasteiger partial charge in [0.15, 0.2) is 0 Å². The van der Waals surface area contributed by atoms with Gasteiger partial charge in [0.25, 0.3) is 0 Å². The first-order chi connectivity index (χ1) is 14.7. The van der Waals surface area contributed by atoms with E-state index in [2.05, 4.69) is 32.0 Å². The van der Waals surface area contributed by atoms with Gasteiger partial charge < -0.3 is 10.6 Å². The fourth-order valence-electron chi connectivity index (χ4n) is 3.56. The van der Waals surface area contributed by atoms with E-state index in [1.54, 1.807) is 28.4 Å². The van der Waals surface area contributed by atoms with Crippen LogP contribution in [0.3, 0.4) is 0 Å². The number of hydrogen-bond acceptors (Lipinski definition) is 7. The number of carbonyl (C=O) groups is 1. The minimum absolute atomic E-state index is 0.0853. The number of rotatable bonds is 8. The highest BCUT2D eigenvalue weighted by Gasteiger charge is 2.21. The Hall–Kier alpha value is -3.09. The van der Waals surface area contributed by atoms with Crippen molar-refractivity contribution in [1.82, 2.24) is 25.3 Å². The zero-order valence-corrected chi connectivity index (χ0v) is 17.4. The molecule has 0 saturated carbocycles. The number of aryl methyl sites for hydroxylation is 1. The molecule has 0 aliphatic heterocycles. The summed E-state index contributed by atoms with van der Waals surface area (Å²) in [6.07, 6.45) is 9.98. The zero-order valence-electron chi connectivity index (χ0n) is 16.6. The Morgan fingerprint density at radius 3 is 3.07 bits per heavy atom. The molecule has 3 aromatic heterocycles. The number of pyridine rings is 1. The van der Waals surface area contributed by atoms with Crippen molar-refractivity contribution in [3.05, 3.63) is 58.0 Å². The molecule has 0 bridgehead atoms. The number of nitrogens with zero attached hydrogens (tertiary/aromatic N) is 5. The van der Waals surface area contributed by atoms with Crippen LogP contribution in [-0.4, -0.2) is 32.4 Å². The number of amides is 1. The van der Waals surface area contributed by atoms with E-state index in [-0.39, 0.29) is 5.91 Å². The molecule has 4 rings (SSSR count). The number of fused-ring (bicyclic) bond motifs is 1. The van der Waals surface area contributed by atoms with Crippen molar-refractivity contribution in [2.24, 2.45) is 0 Å². The van der Waals surface area contributed by atoms with Gasteiger partial charge >= 0.3 is 0 Å². The zero-order chi connectivity index (χ0) is 20.8. The quantitative estimate of drug-likeness (QED) is 0.541. The van der Waals surface area contributed by atoms with E-state index in [9.17, 15) is 10.1 Å². The predicted octanol–water partition coefficient (Wildman–Crippen LogP) is 2.65. The van der Waals surface area contributed by atoms with Crippen LogP contribution in [-0.2, 0) is 30.7 Å². The molecule has 3 aromatic rings. The standard InChI is InChI=1S/C21H23N7OS/c22-10-18-17-5-1-2-6-19(17)30-21(18)25-20(29)7-9-24-12-16-14-28(27-26-16)13-15-4-3-8-23-11-15/h3-4,8,11,14,24H,1-2,5-7,9,12-13H2,(H,25,29). The Labute approximate surface area is 178 Å². The Balaban J connectivity index is 1.22. The highest BCUT2D eigenvalue weighted by atomic mass is 32.1. The molecule has 8 nitrogen and oxygen atoms in total. The Kier molecular flexibility index (Phi) is 6.47. The van der Waals surface area contributed by atoms with Crippen molar-refractivity contribution >= 4 is 22.2 Å². The van der Waals surface area contributed by atoms with Crippen LogP contribution in [0, 0.1) is 11.3 Å². The Bertz CT molecular complexity index is 1050. The van der Waals surface area contributed by atoms with Crippen molar-refractivity contribution in [1.29, 1.82) is 5.26 Å². The van der Waals surface area contributed by atoms with Gasteiger partial charge in [0, 0.05) is 36.8 Å². The molecule has 1 aliphatic rings. The smallest absolute Gasteiger partial charge is 0.226 e. The number of hydrogen-bond donors (Lipinski definition) is 2. The van der Waals surface area contributed by atoms with Gasteiger partial charge in [-0.25, -0.2) is 4.68 Å². The second-order valence-corrected chi connectivity index (χ2v) is 8.38. The number of anilines is 1. The molecule has 0 unspecified atom stereocenters. The molecule has 1 amide bonds. The number of thiophene rings is 1. The lowest BCUT2D eigenvalue weighted by Gasteiger charge is -2.09. The Morgan fingerprint density at radius 1 is 1.33 bits per heavy atom. The normalized spacial score (nSPS) is 12.9. The molecule has 0 aromatic carbocycles. The van der Waals surface area contributed by atoms with Gasteiger partial charge in [-0.1, -0.05) is 11.3 Å². The second kappa shape index (κ2) is 9.61. The van der Waals surface area contributed by atoms with Gasteiger partial charge in [-0.2, -0.15) is 5.26 Å². The lowest BCUT2D eigenvalue weighted by molar-refractivity contribution is -0.116. The third-order valence-corrected chi connectivity index (χ3v) is 6.23. The summed E-state index contributed by atoms with van der Waals surface area (Å²) in [5, 5.41) is 24.6. The first-order valence-electron chi connectivity index (χ1n) is 10.1. The van der Waals surface area contributed by atoms with Crippen LogP contribution >= 0.6 is 11.3 Å². The summed E-state index contributed by atoms with van der Waals surface area (Å²) in [6.45, 7) is 1.68. The number of carbonyl (C=O) groups excluding carboxylic acids is 1. The summed E-state index contributed by atoms with van der Waals surface area (Å²) < 4.78 is 1.77. The molecule has 0 atom stereocenters. The maximum Gasteiger partial charge on any atom is 0.226 e. The molecule has 0 radical (unpaired) electrons. The van der Waals surface area contributed by atoms with E-state index >= 15 is 0 Å². The van der Waals surface area contributed by atoms with Gasteiger partial charge in [-0.3, -0.25) is 9.78 Å². The summed E-state index contributed by atoms with van der Waals surface area (Å²) in [7, 11) is 0. The topological polar surface area (TPSA) is 109 Å². The molecule has 30 heavy (non-hydrogen) atoms. The van der Waals surface area contributed by atoms with E-state index < -0.39 is 0 Å². The fourth-order valence-corrected chi connectivity index (χ4v) is 4.81. The molecule has 9 heteroatoms. The van der Waals surface area contributed by atoms with Crippen LogP contribution in [0.2, 0.25) is 0 Å². The number of nitriles is 1. The average Bonchev–Trinajstić information content (AvgIpc) is 3.35. The lowest BCUT2D eigenvalue weighted by Crippen LogP contribution is -2.21. The van der Waals surface area contributed by atoms with Crippen LogP contribution in [0.25, 0.3) is 0 Å². The average molecular weight is 422 g/mol. The molecule has 0 saturated heterocycles. The summed E-state index contributed by atoms with van der Waals surface area (Å²) in [5.74, 6) is -0.0853. The molecule has 154 valence electrons. The highest BCUT2D eigenvalue weighted by molar-refractivity contribution is 7.16. The van der Waals surface area contributed by atoms with E-state index in [1.807, 2.05) is 18.3 Å². The van der Waals surface area contributed by atoms with Crippen molar-refractivity contribution < 1.29 is 4.79 Å². The van der Waals surface area contributed by atoms with Gasteiger partial charge in [0.05, 0.1) is 24.0 Å². The summed E-state index contributed by atoms with van der Waals surface area (Å²) in [5.41, 5.74) is 3.67. The molecular weight excluding hydrogens is 398 g/mol. The van der Waals surface area contributed by atoms with E-state index in [0.717, 1.165) is 42.5 Å². The fraction of sp³-hybridized carbons (Fsp3) is 0.381. The summed E-state index contributed by atoms with van der Waals surface area (Å²) >= 11 is 1.55. The van der Waals surface area contributed by atoms with E-state index in [4.69, 9.17) is 0 Å². The first kappa shape index (κ1) is 20.2. The van der Waals surface area contributed by atoms with Gasteiger partial charge in [0.1, 0.15) is 11.1 Å². The van der Waals surface area contributed by atoms with Crippen molar-refractivity contribution in [2.45, 2.75) is 45.2 Å². The summed E-state index contributed by atoms with van der Waals surface area (Å²) in [6, 6.07) is 6.16. The van der Waals surface area contributed by atoms with Crippen LogP contribution < -0.4 is 10.6 Å². The largest absolute Gasteiger partial charge is 0.317 e. The molecule has 2 N–H and O–H groups in total. The lowest BCUT2D eigenvalue weighted by atomic mass is 9.96. The number of nitrogens with one attached hydrogen (secondary N) is 2. The first-order valence-corrected chi connectivity index (χ1v) is 10.9. The SMILES string of the molecule is N#Cc1c(NC(=O)CCNCc2cn(Cc3cccnc3)nn2)sc2c1CCCC2.